The first-order valence-corrected chi connectivity index (χ1v) is 12.9. The number of esters is 1. The van der Waals surface area contributed by atoms with Crippen LogP contribution in [0, 0.1) is 5.92 Å². The molecule has 0 aromatic heterocycles. The summed E-state index contributed by atoms with van der Waals surface area (Å²) >= 11 is 6.34. The molecule has 0 heterocycles. The zero-order valence-electron chi connectivity index (χ0n) is 20.7. The molecule has 0 aliphatic rings. The molecular weight excluding hydrogens is 448 g/mol. The molecule has 0 radical (unpaired) electrons. The van der Waals surface area contributed by atoms with E-state index >= 15 is 0 Å². The molecule has 1 atom stereocenters. The van der Waals surface area contributed by atoms with E-state index in [0.29, 0.717) is 41.2 Å². The third-order valence-corrected chi connectivity index (χ3v) is 6.04. The topological polar surface area (TPSA) is 44.8 Å². The van der Waals surface area contributed by atoms with Crippen molar-refractivity contribution in [3.05, 3.63) is 65.7 Å². The Labute approximate surface area is 210 Å². The van der Waals surface area contributed by atoms with Gasteiger partial charge in [0.15, 0.2) is 0 Å². The second-order valence-corrected chi connectivity index (χ2v) is 9.14. The predicted molar refractivity (Wildman–Crippen MR) is 140 cm³/mol. The molecule has 5 heteroatoms. The van der Waals surface area contributed by atoms with E-state index in [9.17, 15) is 4.79 Å². The summed E-state index contributed by atoms with van der Waals surface area (Å²) in [5.74, 6) is 1.84. The highest BCUT2D eigenvalue weighted by Gasteiger charge is 2.12. The van der Waals surface area contributed by atoms with Crippen LogP contribution in [0.2, 0.25) is 5.02 Å². The highest BCUT2D eigenvalue weighted by Crippen LogP contribution is 2.27. The first-order valence-electron chi connectivity index (χ1n) is 12.5. The summed E-state index contributed by atoms with van der Waals surface area (Å²) in [5, 5.41) is 0.408. The summed E-state index contributed by atoms with van der Waals surface area (Å²) in [6.07, 6.45) is 12.6. The van der Waals surface area contributed by atoms with Gasteiger partial charge in [0, 0.05) is 0 Å². The summed E-state index contributed by atoms with van der Waals surface area (Å²) in [7, 11) is 0. The van der Waals surface area contributed by atoms with Crippen LogP contribution < -0.4 is 14.2 Å². The Morgan fingerprint density at radius 2 is 1.59 bits per heavy atom. The SMILES string of the molecule is C=CCCCCCCCCCOc1ccc(C(=O)Oc2ccc(OC[C@@H](C)CC)cc2)cc1Cl. The number of rotatable bonds is 17. The maximum absolute atomic E-state index is 12.5. The van der Waals surface area contributed by atoms with Gasteiger partial charge in [-0.05, 0) is 67.6 Å². The van der Waals surface area contributed by atoms with E-state index in [-0.39, 0.29) is 0 Å². The number of hydrogen-bond acceptors (Lipinski definition) is 4. The maximum Gasteiger partial charge on any atom is 0.343 e. The minimum atomic E-state index is -0.463. The Hall–Kier alpha value is -2.46. The molecule has 4 nitrogen and oxygen atoms in total. The molecule has 0 aliphatic carbocycles. The number of hydrogen-bond donors (Lipinski definition) is 0. The predicted octanol–water partition coefficient (Wildman–Crippen LogP) is 8.67. The number of carbonyl (C=O) groups excluding carboxylic acids is 1. The third kappa shape index (κ3) is 10.6. The number of allylic oxidation sites excluding steroid dienone is 1. The number of unbranched alkanes of at least 4 members (excludes halogenated alkanes) is 7. The molecule has 0 amide bonds. The molecule has 2 aromatic rings. The van der Waals surface area contributed by atoms with E-state index < -0.39 is 5.97 Å². The highest BCUT2D eigenvalue weighted by atomic mass is 35.5. The van der Waals surface area contributed by atoms with E-state index in [2.05, 4.69) is 20.4 Å². The zero-order chi connectivity index (χ0) is 24.6. The summed E-state index contributed by atoms with van der Waals surface area (Å²) in [5.41, 5.74) is 0.380. The zero-order valence-corrected chi connectivity index (χ0v) is 21.4. The highest BCUT2D eigenvalue weighted by molar-refractivity contribution is 6.32. The molecule has 0 saturated heterocycles. The van der Waals surface area contributed by atoms with Crippen molar-refractivity contribution in [2.45, 2.75) is 71.6 Å². The smallest absolute Gasteiger partial charge is 0.343 e. The first kappa shape index (κ1) is 27.8. The van der Waals surface area contributed by atoms with Gasteiger partial charge in [-0.3, -0.25) is 0 Å². The van der Waals surface area contributed by atoms with Crippen LogP contribution in [-0.4, -0.2) is 19.2 Å². The van der Waals surface area contributed by atoms with E-state index in [1.54, 1.807) is 42.5 Å². The van der Waals surface area contributed by atoms with Gasteiger partial charge < -0.3 is 14.2 Å². The third-order valence-electron chi connectivity index (χ3n) is 5.74. The van der Waals surface area contributed by atoms with Crippen LogP contribution in [0.4, 0.5) is 0 Å². The average molecular weight is 487 g/mol. The summed E-state index contributed by atoms with van der Waals surface area (Å²) in [6, 6.07) is 12.1. The summed E-state index contributed by atoms with van der Waals surface area (Å²) in [6.45, 7) is 9.32. The van der Waals surface area contributed by atoms with Crippen LogP contribution >= 0.6 is 11.6 Å². The fraction of sp³-hybridized carbons (Fsp3) is 0.483. The molecule has 186 valence electrons. The standard InChI is InChI=1S/C29H39ClO4/c1-4-6-7-8-9-10-11-12-13-20-32-28-19-14-24(21-27(28)30)29(31)34-26-17-15-25(16-18-26)33-22-23(3)5-2/h4,14-19,21,23H,1,5-13,20,22H2,2-3H3/t23-/m0/s1. The normalized spacial score (nSPS) is 11.6. The van der Waals surface area contributed by atoms with Crippen molar-refractivity contribution < 1.29 is 19.0 Å². The van der Waals surface area contributed by atoms with Crippen molar-refractivity contribution in [1.29, 1.82) is 0 Å². The van der Waals surface area contributed by atoms with E-state index in [0.717, 1.165) is 31.4 Å². The first-order chi connectivity index (χ1) is 16.5. The number of carbonyl (C=O) groups is 1. The van der Waals surface area contributed by atoms with Gasteiger partial charge in [0.25, 0.3) is 0 Å². The Balaban J connectivity index is 1.71. The lowest BCUT2D eigenvalue weighted by Crippen LogP contribution is -2.09. The lowest BCUT2D eigenvalue weighted by molar-refractivity contribution is 0.0734. The second kappa shape index (κ2) is 16.2. The molecule has 0 fully saturated rings. The molecule has 0 spiro atoms. The van der Waals surface area contributed by atoms with Gasteiger partial charge in [0.05, 0.1) is 23.8 Å². The Morgan fingerprint density at radius 3 is 2.24 bits per heavy atom. The van der Waals surface area contributed by atoms with Crippen molar-refractivity contribution >= 4 is 17.6 Å². The van der Waals surface area contributed by atoms with Gasteiger partial charge >= 0.3 is 5.97 Å². The minimum absolute atomic E-state index is 0.380. The van der Waals surface area contributed by atoms with Gasteiger partial charge in [0.1, 0.15) is 17.2 Å². The average Bonchev–Trinajstić information content (AvgIpc) is 2.85. The van der Waals surface area contributed by atoms with E-state index in [4.69, 9.17) is 25.8 Å². The second-order valence-electron chi connectivity index (χ2n) is 8.73. The quantitative estimate of drug-likeness (QED) is 0.0970. The number of halogens is 1. The maximum atomic E-state index is 12.5. The summed E-state index contributed by atoms with van der Waals surface area (Å²) in [4.78, 5) is 12.5. The lowest BCUT2D eigenvalue weighted by Gasteiger charge is -2.12. The van der Waals surface area contributed by atoms with E-state index in [1.807, 2.05) is 6.08 Å². The van der Waals surface area contributed by atoms with Crippen LogP contribution in [0.5, 0.6) is 17.2 Å². The minimum Gasteiger partial charge on any atom is -0.493 e. The Morgan fingerprint density at radius 1 is 0.941 bits per heavy atom. The molecule has 2 aromatic carbocycles. The molecule has 34 heavy (non-hydrogen) atoms. The molecular formula is C29H39ClO4. The van der Waals surface area contributed by atoms with Gasteiger partial charge in [0.2, 0.25) is 0 Å². The van der Waals surface area contributed by atoms with Gasteiger partial charge in [-0.25, -0.2) is 4.79 Å². The molecule has 0 bridgehead atoms. The molecule has 0 N–H and O–H groups in total. The summed E-state index contributed by atoms with van der Waals surface area (Å²) < 4.78 is 17.0. The van der Waals surface area contributed by atoms with Crippen molar-refractivity contribution in [3.63, 3.8) is 0 Å². The van der Waals surface area contributed by atoms with Crippen LogP contribution in [0.25, 0.3) is 0 Å². The monoisotopic (exact) mass is 486 g/mol. The van der Waals surface area contributed by atoms with Gasteiger partial charge in [-0.2, -0.15) is 0 Å². The van der Waals surface area contributed by atoms with Crippen LogP contribution in [-0.2, 0) is 0 Å². The fourth-order valence-corrected chi connectivity index (χ4v) is 3.56. The van der Waals surface area contributed by atoms with Crippen LogP contribution in [0.1, 0.15) is 82.0 Å². The Bertz CT molecular complexity index is 863. The fourth-order valence-electron chi connectivity index (χ4n) is 3.33. The van der Waals surface area contributed by atoms with E-state index in [1.165, 1.54) is 32.1 Å². The van der Waals surface area contributed by atoms with Crippen LogP contribution in [0.3, 0.4) is 0 Å². The van der Waals surface area contributed by atoms with Crippen molar-refractivity contribution in [2.24, 2.45) is 5.92 Å². The van der Waals surface area contributed by atoms with Crippen molar-refractivity contribution in [2.75, 3.05) is 13.2 Å². The molecule has 0 saturated carbocycles. The van der Waals surface area contributed by atoms with Crippen molar-refractivity contribution in [3.8, 4) is 17.2 Å². The largest absolute Gasteiger partial charge is 0.493 e. The molecule has 2 rings (SSSR count). The van der Waals surface area contributed by atoms with Gasteiger partial charge in [-0.15, -0.1) is 6.58 Å². The Kier molecular flexibility index (Phi) is 13.2. The molecule has 0 unspecified atom stereocenters. The van der Waals surface area contributed by atoms with Crippen LogP contribution in [0.15, 0.2) is 55.1 Å². The van der Waals surface area contributed by atoms with Crippen molar-refractivity contribution in [1.82, 2.24) is 0 Å². The number of benzene rings is 2. The molecule has 0 aliphatic heterocycles. The lowest BCUT2D eigenvalue weighted by atomic mass is 10.1. The number of ether oxygens (including phenoxy) is 3. The van der Waals surface area contributed by atoms with Gasteiger partial charge in [-0.1, -0.05) is 70.0 Å².